The van der Waals surface area contributed by atoms with Crippen LogP contribution in [0.25, 0.3) is 0 Å². The van der Waals surface area contributed by atoms with Crippen molar-refractivity contribution in [1.82, 2.24) is 9.80 Å². The molecule has 0 aromatic heterocycles. The van der Waals surface area contributed by atoms with E-state index in [0.29, 0.717) is 0 Å². The second-order valence-electron chi connectivity index (χ2n) is 4.67. The van der Waals surface area contributed by atoms with Gasteiger partial charge in [-0.2, -0.15) is 5.26 Å². The molecule has 1 aliphatic heterocycles. The molecular formula is C18H31N3O2. The number of hydrogen-bond donors (Lipinski definition) is 0. The topological polar surface area (TPSA) is 64.4 Å². The highest BCUT2D eigenvalue weighted by molar-refractivity contribution is 6.05. The average Bonchev–Trinajstić information content (AvgIpc) is 2.62. The standard InChI is InChI=1S/C14H19N3O2.2C2H6/c1-4-13(18)17(14(19)5-2)12(10-15)11-6-8-16(3)9-7-11;2*1-2/h4-5,11-12H,1-2,6-9H2,3H3;2*1-2H3. The number of carbonyl (C=O) groups is 2. The predicted molar refractivity (Wildman–Crippen MR) is 94.6 cm³/mol. The number of carbonyl (C=O) groups excluding carboxylic acids is 2. The number of imide groups is 1. The van der Waals surface area contributed by atoms with Crippen LogP contribution in [0.4, 0.5) is 0 Å². The van der Waals surface area contributed by atoms with E-state index in [1.54, 1.807) is 0 Å². The summed E-state index contributed by atoms with van der Waals surface area (Å²) < 4.78 is 0. The van der Waals surface area contributed by atoms with Crippen molar-refractivity contribution in [2.75, 3.05) is 20.1 Å². The van der Waals surface area contributed by atoms with Gasteiger partial charge in [-0.15, -0.1) is 0 Å². The molecule has 0 spiro atoms. The van der Waals surface area contributed by atoms with E-state index in [4.69, 9.17) is 0 Å². The van der Waals surface area contributed by atoms with Crippen molar-refractivity contribution in [3.63, 3.8) is 0 Å². The molecule has 0 saturated carbocycles. The predicted octanol–water partition coefficient (Wildman–Crippen LogP) is 3.00. The van der Waals surface area contributed by atoms with Crippen molar-refractivity contribution in [1.29, 1.82) is 5.26 Å². The van der Waals surface area contributed by atoms with Crippen LogP contribution in [0.15, 0.2) is 25.3 Å². The molecule has 0 N–H and O–H groups in total. The molecule has 5 heteroatoms. The van der Waals surface area contributed by atoms with E-state index >= 15 is 0 Å². The van der Waals surface area contributed by atoms with Crippen molar-refractivity contribution >= 4 is 11.8 Å². The van der Waals surface area contributed by atoms with E-state index in [1.807, 2.05) is 34.7 Å². The highest BCUT2D eigenvalue weighted by Gasteiger charge is 2.34. The summed E-state index contributed by atoms with van der Waals surface area (Å²) in [5.41, 5.74) is 0. The summed E-state index contributed by atoms with van der Waals surface area (Å²) in [5, 5.41) is 9.33. The number of likely N-dealkylation sites (tertiary alicyclic amines) is 1. The zero-order valence-electron chi connectivity index (χ0n) is 15.2. The van der Waals surface area contributed by atoms with Crippen LogP contribution in [0.1, 0.15) is 40.5 Å². The molecule has 0 radical (unpaired) electrons. The van der Waals surface area contributed by atoms with Crippen LogP contribution in [-0.4, -0.2) is 47.8 Å². The Kier molecular flexibility index (Phi) is 13.9. The molecule has 130 valence electrons. The van der Waals surface area contributed by atoms with Crippen molar-refractivity contribution < 1.29 is 9.59 Å². The van der Waals surface area contributed by atoms with Gasteiger partial charge in [-0.1, -0.05) is 40.9 Å². The number of nitrogens with zero attached hydrogens (tertiary/aromatic N) is 3. The van der Waals surface area contributed by atoms with E-state index in [2.05, 4.69) is 24.1 Å². The maximum atomic E-state index is 11.8. The van der Waals surface area contributed by atoms with Gasteiger partial charge in [0.2, 0.25) is 0 Å². The molecule has 0 aromatic rings. The number of piperidine rings is 1. The summed E-state index contributed by atoms with van der Waals surface area (Å²) in [4.78, 5) is 26.7. The molecule has 1 saturated heterocycles. The van der Waals surface area contributed by atoms with Gasteiger partial charge in [0.1, 0.15) is 6.04 Å². The van der Waals surface area contributed by atoms with Crippen LogP contribution in [0.2, 0.25) is 0 Å². The number of hydrogen-bond acceptors (Lipinski definition) is 4. The van der Waals surface area contributed by atoms with Crippen LogP contribution in [-0.2, 0) is 9.59 Å². The molecule has 1 heterocycles. The van der Waals surface area contributed by atoms with Crippen LogP contribution < -0.4 is 0 Å². The lowest BCUT2D eigenvalue weighted by Crippen LogP contribution is -2.48. The fraction of sp³-hybridized carbons (Fsp3) is 0.611. The molecule has 1 fully saturated rings. The molecule has 1 rings (SSSR count). The van der Waals surface area contributed by atoms with Crippen LogP contribution in [0.5, 0.6) is 0 Å². The molecule has 0 aromatic carbocycles. The molecule has 1 atom stereocenters. The second kappa shape index (κ2) is 13.7. The van der Waals surface area contributed by atoms with E-state index in [0.717, 1.165) is 43.0 Å². The van der Waals surface area contributed by atoms with Gasteiger partial charge < -0.3 is 4.90 Å². The lowest BCUT2D eigenvalue weighted by atomic mass is 9.89. The summed E-state index contributed by atoms with van der Waals surface area (Å²) in [6.45, 7) is 16.5. The Morgan fingerprint density at radius 3 is 1.83 bits per heavy atom. The molecule has 0 aliphatic carbocycles. The van der Waals surface area contributed by atoms with Gasteiger partial charge in [0.15, 0.2) is 0 Å². The Labute approximate surface area is 141 Å². The first-order valence-corrected chi connectivity index (χ1v) is 8.25. The highest BCUT2D eigenvalue weighted by atomic mass is 16.2. The maximum absolute atomic E-state index is 11.8. The fourth-order valence-corrected chi connectivity index (χ4v) is 2.30. The summed E-state index contributed by atoms with van der Waals surface area (Å²) >= 11 is 0. The molecule has 1 aliphatic rings. The zero-order chi connectivity index (χ0) is 18.4. The Morgan fingerprint density at radius 2 is 1.52 bits per heavy atom. The van der Waals surface area contributed by atoms with Gasteiger partial charge in [-0.25, -0.2) is 0 Å². The lowest BCUT2D eigenvalue weighted by molar-refractivity contribution is -0.141. The Balaban J connectivity index is 0. The zero-order valence-corrected chi connectivity index (χ0v) is 15.2. The van der Waals surface area contributed by atoms with Gasteiger partial charge in [-0.05, 0) is 51.0 Å². The minimum atomic E-state index is -0.746. The van der Waals surface area contributed by atoms with Crippen molar-refractivity contribution in [3.05, 3.63) is 25.3 Å². The number of rotatable bonds is 4. The minimum Gasteiger partial charge on any atom is -0.306 e. The molecular weight excluding hydrogens is 290 g/mol. The highest BCUT2D eigenvalue weighted by Crippen LogP contribution is 2.24. The quantitative estimate of drug-likeness (QED) is 0.747. The SMILES string of the molecule is C=CC(=O)N(C(=O)C=C)C(C#N)C1CCN(C)CC1.CC.CC. The monoisotopic (exact) mass is 321 g/mol. The molecule has 0 bridgehead atoms. The van der Waals surface area contributed by atoms with Crippen LogP contribution in [0, 0.1) is 17.2 Å². The molecule has 1 unspecified atom stereocenters. The maximum Gasteiger partial charge on any atom is 0.253 e. The van der Waals surface area contributed by atoms with Gasteiger partial charge in [0, 0.05) is 0 Å². The smallest absolute Gasteiger partial charge is 0.253 e. The third-order valence-electron chi connectivity index (χ3n) is 3.44. The Hall–Kier alpha value is -1.93. The van der Waals surface area contributed by atoms with Crippen LogP contribution in [0.3, 0.4) is 0 Å². The largest absolute Gasteiger partial charge is 0.306 e. The normalized spacial score (nSPS) is 15.5. The van der Waals surface area contributed by atoms with Crippen molar-refractivity contribution in [2.24, 2.45) is 5.92 Å². The minimum absolute atomic E-state index is 0.00833. The molecule has 5 nitrogen and oxygen atoms in total. The van der Waals surface area contributed by atoms with E-state index < -0.39 is 17.9 Å². The summed E-state index contributed by atoms with van der Waals surface area (Å²) in [5.74, 6) is -1.08. The third-order valence-corrected chi connectivity index (χ3v) is 3.44. The summed E-state index contributed by atoms with van der Waals surface area (Å²) in [6, 6.07) is 1.34. The van der Waals surface area contributed by atoms with Gasteiger partial charge in [-0.3, -0.25) is 14.5 Å². The molecule has 23 heavy (non-hydrogen) atoms. The molecule has 2 amide bonds. The van der Waals surface area contributed by atoms with Gasteiger partial charge in [0.25, 0.3) is 11.8 Å². The lowest BCUT2D eigenvalue weighted by Gasteiger charge is -2.35. The first-order valence-electron chi connectivity index (χ1n) is 8.25. The van der Waals surface area contributed by atoms with E-state index in [9.17, 15) is 14.9 Å². The summed E-state index contributed by atoms with van der Waals surface area (Å²) in [6.07, 6.45) is 3.70. The average molecular weight is 321 g/mol. The van der Waals surface area contributed by atoms with E-state index in [-0.39, 0.29) is 5.92 Å². The second-order valence-corrected chi connectivity index (χ2v) is 4.67. The first kappa shape index (κ1) is 23.3. The number of amides is 2. The van der Waals surface area contributed by atoms with E-state index in [1.165, 1.54) is 0 Å². The third kappa shape index (κ3) is 7.25. The fourth-order valence-electron chi connectivity index (χ4n) is 2.30. The first-order chi connectivity index (χ1) is 11.0. The number of nitriles is 1. The Bertz CT molecular complexity index is 398. The van der Waals surface area contributed by atoms with Crippen molar-refractivity contribution in [3.8, 4) is 6.07 Å². The van der Waals surface area contributed by atoms with Gasteiger partial charge >= 0.3 is 0 Å². The van der Waals surface area contributed by atoms with Crippen LogP contribution >= 0.6 is 0 Å². The Morgan fingerprint density at radius 1 is 1.13 bits per heavy atom. The van der Waals surface area contributed by atoms with Crippen molar-refractivity contribution in [2.45, 2.75) is 46.6 Å². The summed E-state index contributed by atoms with van der Waals surface area (Å²) in [7, 11) is 2.01. The van der Waals surface area contributed by atoms with Gasteiger partial charge in [0.05, 0.1) is 6.07 Å².